The van der Waals surface area contributed by atoms with Crippen molar-refractivity contribution in [3.63, 3.8) is 0 Å². The van der Waals surface area contributed by atoms with Gasteiger partial charge in [-0.3, -0.25) is 9.69 Å². The first kappa shape index (κ1) is 22.8. The third-order valence-corrected chi connectivity index (χ3v) is 5.77. The molecule has 0 atom stereocenters. The van der Waals surface area contributed by atoms with Crippen LogP contribution in [0.3, 0.4) is 0 Å². The standard InChI is InChI=1S/C25H33N3O3/c1-5-31-25(30)22-17-27(16-15-20-9-7-6-8-10-20)26-23(22)28(18(2)3)24(29)21-13-11-19(4)12-14-21/h6-10,15-19,21H,5,11-14H2,1-4H3/b16-15+. The van der Waals surface area contributed by atoms with Gasteiger partial charge in [-0.2, -0.15) is 0 Å². The van der Waals surface area contributed by atoms with Crippen LogP contribution < -0.4 is 4.90 Å². The molecule has 1 fully saturated rings. The fourth-order valence-electron chi connectivity index (χ4n) is 4.02. The number of aromatic nitrogens is 2. The Bertz CT molecular complexity index is 909. The molecule has 166 valence electrons. The molecule has 6 nitrogen and oxygen atoms in total. The second kappa shape index (κ2) is 10.4. The lowest BCUT2D eigenvalue weighted by Gasteiger charge is -2.32. The van der Waals surface area contributed by atoms with Crippen molar-refractivity contribution < 1.29 is 14.3 Å². The van der Waals surface area contributed by atoms with E-state index in [4.69, 9.17) is 4.74 Å². The Hall–Kier alpha value is -2.89. The zero-order valence-electron chi connectivity index (χ0n) is 19.0. The van der Waals surface area contributed by atoms with Crippen molar-refractivity contribution in [1.82, 2.24) is 9.78 Å². The second-order valence-electron chi connectivity index (χ2n) is 8.55. The number of nitrogens with zero attached hydrogens (tertiary/aromatic N) is 3. The molecule has 1 aromatic carbocycles. The summed E-state index contributed by atoms with van der Waals surface area (Å²) in [6.07, 6.45) is 9.21. The van der Waals surface area contributed by atoms with Crippen molar-refractivity contribution in [3.05, 3.63) is 47.7 Å². The van der Waals surface area contributed by atoms with Gasteiger partial charge in [0.2, 0.25) is 5.91 Å². The number of amides is 1. The Morgan fingerprint density at radius 3 is 2.48 bits per heavy atom. The fraction of sp³-hybridized carbons (Fsp3) is 0.480. The maximum atomic E-state index is 13.5. The van der Waals surface area contributed by atoms with Gasteiger partial charge in [-0.15, -0.1) is 5.10 Å². The second-order valence-corrected chi connectivity index (χ2v) is 8.55. The predicted octanol–water partition coefficient (Wildman–Crippen LogP) is 5.26. The number of rotatable bonds is 7. The number of ether oxygens (including phenoxy) is 1. The van der Waals surface area contributed by atoms with Gasteiger partial charge in [0.1, 0.15) is 5.56 Å². The summed E-state index contributed by atoms with van der Waals surface area (Å²) in [6, 6.07) is 9.73. The monoisotopic (exact) mass is 423 g/mol. The van der Waals surface area contributed by atoms with Gasteiger partial charge in [0.25, 0.3) is 0 Å². The van der Waals surface area contributed by atoms with Gasteiger partial charge in [0.15, 0.2) is 5.82 Å². The molecule has 0 unspecified atom stereocenters. The van der Waals surface area contributed by atoms with Crippen LogP contribution in [0.4, 0.5) is 5.82 Å². The fourth-order valence-corrected chi connectivity index (χ4v) is 4.02. The first-order valence-electron chi connectivity index (χ1n) is 11.2. The van der Waals surface area contributed by atoms with Gasteiger partial charge < -0.3 is 4.74 Å². The SMILES string of the molecule is CCOC(=O)c1cn(/C=C/c2ccccc2)nc1N(C(=O)C1CCC(C)CC1)C(C)C. The molecule has 1 aromatic heterocycles. The first-order chi connectivity index (χ1) is 14.9. The average molecular weight is 424 g/mol. The quantitative estimate of drug-likeness (QED) is 0.570. The van der Waals surface area contributed by atoms with E-state index in [1.54, 1.807) is 28.9 Å². The number of carbonyl (C=O) groups excluding carboxylic acids is 2. The summed E-state index contributed by atoms with van der Waals surface area (Å²) < 4.78 is 6.84. The average Bonchev–Trinajstić information content (AvgIpc) is 3.17. The molecule has 1 aliphatic carbocycles. The van der Waals surface area contributed by atoms with Gasteiger partial charge in [0.05, 0.1) is 6.61 Å². The van der Waals surface area contributed by atoms with Crippen molar-refractivity contribution >= 4 is 30.0 Å². The number of benzene rings is 1. The summed E-state index contributed by atoms with van der Waals surface area (Å²) in [5.41, 5.74) is 1.33. The predicted molar refractivity (Wildman–Crippen MR) is 124 cm³/mol. The Balaban J connectivity index is 1.94. The highest BCUT2D eigenvalue weighted by molar-refractivity contribution is 6.02. The van der Waals surface area contributed by atoms with Crippen LogP contribution in [-0.4, -0.2) is 34.3 Å². The van der Waals surface area contributed by atoms with E-state index in [0.29, 0.717) is 17.3 Å². The van der Waals surface area contributed by atoms with E-state index in [1.165, 1.54) is 0 Å². The Morgan fingerprint density at radius 2 is 1.87 bits per heavy atom. The summed E-state index contributed by atoms with van der Waals surface area (Å²) in [6.45, 7) is 8.18. The van der Waals surface area contributed by atoms with Crippen LogP contribution in [0.2, 0.25) is 0 Å². The molecule has 31 heavy (non-hydrogen) atoms. The van der Waals surface area contributed by atoms with Crippen molar-refractivity contribution in [1.29, 1.82) is 0 Å². The highest BCUT2D eigenvalue weighted by atomic mass is 16.5. The smallest absolute Gasteiger partial charge is 0.343 e. The third-order valence-electron chi connectivity index (χ3n) is 5.77. The minimum Gasteiger partial charge on any atom is -0.462 e. The maximum absolute atomic E-state index is 13.5. The van der Waals surface area contributed by atoms with E-state index in [9.17, 15) is 9.59 Å². The molecule has 3 rings (SSSR count). The molecule has 0 bridgehead atoms. The van der Waals surface area contributed by atoms with Crippen LogP contribution in [0.5, 0.6) is 0 Å². The summed E-state index contributed by atoms with van der Waals surface area (Å²) in [5.74, 6) is 0.583. The van der Waals surface area contributed by atoms with Crippen LogP contribution in [0, 0.1) is 11.8 Å². The normalized spacial score (nSPS) is 19.0. The first-order valence-corrected chi connectivity index (χ1v) is 11.2. The van der Waals surface area contributed by atoms with E-state index in [1.807, 2.05) is 50.3 Å². The van der Waals surface area contributed by atoms with E-state index >= 15 is 0 Å². The summed E-state index contributed by atoms with van der Waals surface area (Å²) >= 11 is 0. The lowest BCUT2D eigenvalue weighted by molar-refractivity contribution is -0.123. The van der Waals surface area contributed by atoms with E-state index in [0.717, 1.165) is 31.2 Å². The molecule has 0 saturated heterocycles. The number of carbonyl (C=O) groups is 2. The Labute approximate surface area is 184 Å². The zero-order valence-corrected chi connectivity index (χ0v) is 19.0. The van der Waals surface area contributed by atoms with E-state index in [-0.39, 0.29) is 24.5 Å². The maximum Gasteiger partial charge on any atom is 0.343 e. The van der Waals surface area contributed by atoms with Crippen LogP contribution in [0.1, 0.15) is 69.3 Å². The van der Waals surface area contributed by atoms with Crippen molar-refractivity contribution in [2.45, 2.75) is 59.4 Å². The number of esters is 1. The Kier molecular flexibility index (Phi) is 7.66. The largest absolute Gasteiger partial charge is 0.462 e. The number of hydrogen-bond donors (Lipinski definition) is 0. The summed E-state index contributed by atoms with van der Waals surface area (Å²) in [4.78, 5) is 27.8. The number of hydrogen-bond acceptors (Lipinski definition) is 4. The molecule has 1 aliphatic rings. The molecule has 2 aromatic rings. The minimum absolute atomic E-state index is 0.0290. The molecule has 0 N–H and O–H groups in total. The minimum atomic E-state index is -0.465. The van der Waals surface area contributed by atoms with Crippen molar-refractivity contribution in [3.8, 4) is 0 Å². The molecule has 0 aliphatic heterocycles. The van der Waals surface area contributed by atoms with Crippen LogP contribution in [0.15, 0.2) is 36.5 Å². The number of anilines is 1. The molecule has 0 spiro atoms. The lowest BCUT2D eigenvalue weighted by atomic mass is 9.82. The highest BCUT2D eigenvalue weighted by Gasteiger charge is 2.34. The molecule has 6 heteroatoms. The molecule has 1 heterocycles. The Morgan fingerprint density at radius 1 is 1.19 bits per heavy atom. The van der Waals surface area contributed by atoms with E-state index < -0.39 is 5.97 Å². The van der Waals surface area contributed by atoms with Crippen molar-refractivity contribution in [2.24, 2.45) is 11.8 Å². The molecular weight excluding hydrogens is 390 g/mol. The van der Waals surface area contributed by atoms with Gasteiger partial charge in [-0.1, -0.05) is 37.3 Å². The molecular formula is C25H33N3O3. The summed E-state index contributed by atoms with van der Waals surface area (Å²) in [5, 5.41) is 4.62. The topological polar surface area (TPSA) is 64.4 Å². The third kappa shape index (κ3) is 5.63. The van der Waals surface area contributed by atoms with Crippen molar-refractivity contribution in [2.75, 3.05) is 11.5 Å². The molecule has 1 saturated carbocycles. The molecule has 0 radical (unpaired) electrons. The van der Waals surface area contributed by atoms with Gasteiger partial charge in [-0.05, 0) is 64.0 Å². The molecule has 1 amide bonds. The van der Waals surface area contributed by atoms with Gasteiger partial charge in [0, 0.05) is 24.4 Å². The van der Waals surface area contributed by atoms with Crippen LogP contribution >= 0.6 is 0 Å². The van der Waals surface area contributed by atoms with Crippen LogP contribution in [-0.2, 0) is 9.53 Å². The summed E-state index contributed by atoms with van der Waals surface area (Å²) in [7, 11) is 0. The van der Waals surface area contributed by atoms with Gasteiger partial charge in [-0.25, -0.2) is 9.48 Å². The lowest BCUT2D eigenvalue weighted by Crippen LogP contribution is -2.43. The highest BCUT2D eigenvalue weighted by Crippen LogP contribution is 2.32. The zero-order chi connectivity index (χ0) is 22.4. The van der Waals surface area contributed by atoms with Crippen LogP contribution in [0.25, 0.3) is 12.3 Å². The van der Waals surface area contributed by atoms with E-state index in [2.05, 4.69) is 12.0 Å². The van der Waals surface area contributed by atoms with Gasteiger partial charge >= 0.3 is 5.97 Å².